The Balaban J connectivity index is 1.88. The molecule has 2 rings (SSSR count). The van der Waals surface area contributed by atoms with E-state index in [1.165, 1.54) is 30.2 Å². The molecular formula is C14H20BrN3. The molecule has 0 saturated heterocycles. The highest BCUT2D eigenvalue weighted by atomic mass is 79.9. The van der Waals surface area contributed by atoms with E-state index in [1.807, 2.05) is 11.7 Å². The summed E-state index contributed by atoms with van der Waals surface area (Å²) in [5.74, 6) is 0. The molecule has 0 spiro atoms. The lowest BCUT2D eigenvalue weighted by molar-refractivity contribution is 0.608. The largest absolute Gasteiger partial charge is 0.311 e. The molecule has 0 aliphatic carbocycles. The molecule has 98 valence electrons. The number of para-hydroxylation sites is 1. The number of fused-ring (bicyclic) bond motifs is 1. The number of nitrogens with one attached hydrogen (secondary N) is 1. The molecule has 1 aromatic carbocycles. The number of hydrogen-bond acceptors (Lipinski definition) is 2. The quantitative estimate of drug-likeness (QED) is 0.628. The molecule has 18 heavy (non-hydrogen) atoms. The standard InChI is InChI=1S/C14H20BrN3/c1-18-14-8-4-3-7-12(14)13(17-18)11-16-10-6-2-5-9-15/h3-4,7-8,16H,2,5-6,9-11H2,1H3. The van der Waals surface area contributed by atoms with Gasteiger partial charge in [-0.15, -0.1) is 0 Å². The lowest BCUT2D eigenvalue weighted by Gasteiger charge is -2.02. The van der Waals surface area contributed by atoms with Gasteiger partial charge < -0.3 is 5.32 Å². The number of benzene rings is 1. The van der Waals surface area contributed by atoms with Crippen molar-refractivity contribution in [3.8, 4) is 0 Å². The Morgan fingerprint density at radius 1 is 1.22 bits per heavy atom. The number of halogens is 1. The molecule has 1 heterocycles. The zero-order valence-electron chi connectivity index (χ0n) is 10.8. The summed E-state index contributed by atoms with van der Waals surface area (Å²) in [6.07, 6.45) is 3.77. The third-order valence-corrected chi connectivity index (χ3v) is 3.67. The Labute approximate surface area is 117 Å². The summed E-state index contributed by atoms with van der Waals surface area (Å²) in [7, 11) is 2.00. The van der Waals surface area contributed by atoms with Crippen LogP contribution < -0.4 is 5.32 Å². The number of aromatic nitrogens is 2. The molecule has 0 bridgehead atoms. The van der Waals surface area contributed by atoms with Crippen molar-refractivity contribution in [3.63, 3.8) is 0 Å². The first-order valence-corrected chi connectivity index (χ1v) is 7.62. The Morgan fingerprint density at radius 3 is 2.89 bits per heavy atom. The second kappa shape index (κ2) is 6.90. The number of alkyl halides is 1. The van der Waals surface area contributed by atoms with Crippen molar-refractivity contribution in [2.45, 2.75) is 25.8 Å². The van der Waals surface area contributed by atoms with Gasteiger partial charge in [0.2, 0.25) is 0 Å². The van der Waals surface area contributed by atoms with E-state index in [-0.39, 0.29) is 0 Å². The van der Waals surface area contributed by atoms with Gasteiger partial charge in [-0.05, 0) is 25.5 Å². The number of aryl methyl sites for hydroxylation is 1. The topological polar surface area (TPSA) is 29.9 Å². The van der Waals surface area contributed by atoms with Crippen molar-refractivity contribution >= 4 is 26.8 Å². The minimum Gasteiger partial charge on any atom is -0.311 e. The van der Waals surface area contributed by atoms with Crippen LogP contribution in [0, 0.1) is 0 Å². The molecule has 1 aromatic heterocycles. The maximum absolute atomic E-state index is 4.57. The van der Waals surface area contributed by atoms with Gasteiger partial charge in [-0.25, -0.2) is 0 Å². The third-order valence-electron chi connectivity index (χ3n) is 3.11. The predicted molar refractivity (Wildman–Crippen MR) is 80.1 cm³/mol. The van der Waals surface area contributed by atoms with Gasteiger partial charge in [0.15, 0.2) is 0 Å². The average Bonchev–Trinajstić information content (AvgIpc) is 2.71. The van der Waals surface area contributed by atoms with Crippen LogP contribution in [-0.4, -0.2) is 21.7 Å². The smallest absolute Gasteiger partial charge is 0.0841 e. The monoisotopic (exact) mass is 309 g/mol. The van der Waals surface area contributed by atoms with E-state index in [0.717, 1.165) is 24.1 Å². The van der Waals surface area contributed by atoms with Crippen LogP contribution in [0.25, 0.3) is 10.9 Å². The van der Waals surface area contributed by atoms with Crippen LogP contribution >= 0.6 is 15.9 Å². The van der Waals surface area contributed by atoms with Gasteiger partial charge in [-0.2, -0.15) is 5.10 Å². The summed E-state index contributed by atoms with van der Waals surface area (Å²) in [5, 5.41) is 10.4. The Bertz CT molecular complexity index is 493. The fourth-order valence-electron chi connectivity index (χ4n) is 2.15. The van der Waals surface area contributed by atoms with Crippen molar-refractivity contribution in [1.82, 2.24) is 15.1 Å². The van der Waals surface area contributed by atoms with Crippen LogP contribution in [0.4, 0.5) is 0 Å². The number of rotatable bonds is 7. The van der Waals surface area contributed by atoms with Gasteiger partial charge in [0.05, 0.1) is 11.2 Å². The molecule has 4 heteroatoms. The Morgan fingerprint density at radius 2 is 2.06 bits per heavy atom. The van der Waals surface area contributed by atoms with Crippen molar-refractivity contribution in [2.75, 3.05) is 11.9 Å². The first-order chi connectivity index (χ1) is 8.83. The highest BCUT2D eigenvalue weighted by Crippen LogP contribution is 2.16. The molecule has 1 N–H and O–H groups in total. The first-order valence-electron chi connectivity index (χ1n) is 6.50. The van der Waals surface area contributed by atoms with Gasteiger partial charge in [0.1, 0.15) is 0 Å². The van der Waals surface area contributed by atoms with Gasteiger partial charge in [-0.3, -0.25) is 4.68 Å². The molecular weight excluding hydrogens is 290 g/mol. The fraction of sp³-hybridized carbons (Fsp3) is 0.500. The second-order valence-corrected chi connectivity index (χ2v) is 5.31. The molecule has 0 radical (unpaired) electrons. The average molecular weight is 310 g/mol. The van der Waals surface area contributed by atoms with E-state index >= 15 is 0 Å². The van der Waals surface area contributed by atoms with E-state index in [0.29, 0.717) is 0 Å². The summed E-state index contributed by atoms with van der Waals surface area (Å²) >= 11 is 3.45. The third kappa shape index (κ3) is 3.33. The molecule has 0 fully saturated rings. The van der Waals surface area contributed by atoms with E-state index in [1.54, 1.807) is 0 Å². The molecule has 3 nitrogen and oxygen atoms in total. The van der Waals surface area contributed by atoms with Crippen LogP contribution in [0.3, 0.4) is 0 Å². The van der Waals surface area contributed by atoms with E-state index in [2.05, 4.69) is 50.6 Å². The van der Waals surface area contributed by atoms with E-state index in [9.17, 15) is 0 Å². The molecule has 0 amide bonds. The second-order valence-electron chi connectivity index (χ2n) is 4.51. The molecule has 0 aliphatic rings. The lowest BCUT2D eigenvalue weighted by Crippen LogP contribution is -2.15. The number of unbranched alkanes of at least 4 members (excludes halogenated alkanes) is 2. The van der Waals surface area contributed by atoms with Crippen molar-refractivity contribution in [2.24, 2.45) is 7.05 Å². The molecule has 0 unspecified atom stereocenters. The van der Waals surface area contributed by atoms with Gasteiger partial charge >= 0.3 is 0 Å². The summed E-state index contributed by atoms with van der Waals surface area (Å²) in [6, 6.07) is 8.39. The lowest BCUT2D eigenvalue weighted by atomic mass is 10.2. The SMILES string of the molecule is Cn1nc(CNCCCCCBr)c2ccccc21. The Hall–Kier alpha value is -0.870. The molecule has 0 aliphatic heterocycles. The van der Waals surface area contributed by atoms with Crippen molar-refractivity contribution < 1.29 is 0 Å². The summed E-state index contributed by atoms with van der Waals surface area (Å²) in [4.78, 5) is 0. The zero-order valence-corrected chi connectivity index (χ0v) is 12.4. The number of hydrogen-bond donors (Lipinski definition) is 1. The molecule has 0 saturated carbocycles. The van der Waals surface area contributed by atoms with Gasteiger partial charge in [0, 0.05) is 24.3 Å². The van der Waals surface area contributed by atoms with Gasteiger partial charge in [-0.1, -0.05) is 40.5 Å². The summed E-state index contributed by atoms with van der Waals surface area (Å²) < 4.78 is 1.96. The molecule has 0 atom stereocenters. The summed E-state index contributed by atoms with van der Waals surface area (Å²) in [5.41, 5.74) is 2.35. The van der Waals surface area contributed by atoms with Crippen LogP contribution in [0.2, 0.25) is 0 Å². The zero-order chi connectivity index (χ0) is 12.8. The molecule has 2 aromatic rings. The van der Waals surface area contributed by atoms with Crippen LogP contribution in [0.1, 0.15) is 25.0 Å². The summed E-state index contributed by atoms with van der Waals surface area (Å²) in [6.45, 7) is 1.92. The van der Waals surface area contributed by atoms with E-state index < -0.39 is 0 Å². The van der Waals surface area contributed by atoms with Crippen LogP contribution in [-0.2, 0) is 13.6 Å². The van der Waals surface area contributed by atoms with Crippen LogP contribution in [0.5, 0.6) is 0 Å². The fourth-order valence-corrected chi connectivity index (χ4v) is 2.54. The minimum atomic E-state index is 0.857. The van der Waals surface area contributed by atoms with Crippen LogP contribution in [0.15, 0.2) is 24.3 Å². The highest BCUT2D eigenvalue weighted by Gasteiger charge is 2.06. The van der Waals surface area contributed by atoms with Crippen molar-refractivity contribution in [1.29, 1.82) is 0 Å². The number of nitrogens with zero attached hydrogens (tertiary/aromatic N) is 2. The van der Waals surface area contributed by atoms with Crippen molar-refractivity contribution in [3.05, 3.63) is 30.0 Å². The Kier molecular flexibility index (Phi) is 5.20. The van der Waals surface area contributed by atoms with Gasteiger partial charge in [0.25, 0.3) is 0 Å². The normalized spacial score (nSPS) is 11.2. The first kappa shape index (κ1) is 13.6. The predicted octanol–water partition coefficient (Wildman–Crippen LogP) is 3.23. The highest BCUT2D eigenvalue weighted by molar-refractivity contribution is 9.09. The minimum absolute atomic E-state index is 0.857. The maximum atomic E-state index is 4.57. The maximum Gasteiger partial charge on any atom is 0.0841 e. The van der Waals surface area contributed by atoms with E-state index in [4.69, 9.17) is 0 Å².